The number of piperidine rings is 1. The molecule has 0 radical (unpaired) electrons. The highest BCUT2D eigenvalue weighted by Gasteiger charge is 2.35. The van der Waals surface area contributed by atoms with Crippen LogP contribution in [0.15, 0.2) is 61.3 Å². The van der Waals surface area contributed by atoms with E-state index in [1.165, 1.54) is 0 Å². The molecular weight excluding hydrogens is 700 g/mol. The van der Waals surface area contributed by atoms with Crippen LogP contribution in [0.1, 0.15) is 50.6 Å². The predicted molar refractivity (Wildman–Crippen MR) is 207 cm³/mol. The second-order valence-electron chi connectivity index (χ2n) is 13.9. The summed E-state index contributed by atoms with van der Waals surface area (Å²) < 4.78 is 25.6. The van der Waals surface area contributed by atoms with Crippen molar-refractivity contribution in [2.45, 2.75) is 63.3 Å². The molecule has 4 atom stereocenters. The first-order chi connectivity index (χ1) is 25.0. The highest BCUT2D eigenvalue weighted by molar-refractivity contribution is 6.38. The van der Waals surface area contributed by atoms with Gasteiger partial charge in [0.2, 0.25) is 11.8 Å². The fourth-order valence-corrected chi connectivity index (χ4v) is 8.17. The number of nitriles is 1. The standard InChI is InChI=1S/C40H44Cl2FN7O2/c1-6-7-11-26-12-8-13-29(36(26)42)35-32(41)23-30-38(37(35)43)46-40(52-25(2)33-14-9-20-48(33)5)31-24-45-50(39(30)31)28-17-21-49(27(22-28)16-18-44)34(51)15-10-19-47(3)4/h6-8,10-13,15,23-25,27-28,33H,1,9,14,16-17,19-22H2,2-5H3/b11-7-,15-10+/t25-,27+,28-,33-/m0/s1. The van der Waals surface area contributed by atoms with Gasteiger partial charge in [-0.25, -0.2) is 9.37 Å². The molecular formula is C40H44Cl2FN7O2. The Labute approximate surface area is 314 Å². The number of hydrogen-bond acceptors (Lipinski definition) is 7. The number of ether oxygens (including phenoxy) is 1. The van der Waals surface area contributed by atoms with Crippen LogP contribution in [0.4, 0.5) is 4.39 Å². The number of fused-ring (bicyclic) bond motifs is 3. The monoisotopic (exact) mass is 743 g/mol. The van der Waals surface area contributed by atoms with Crippen molar-refractivity contribution < 1.29 is 13.9 Å². The third kappa shape index (κ3) is 7.46. The largest absolute Gasteiger partial charge is 0.472 e. The van der Waals surface area contributed by atoms with Crippen molar-refractivity contribution in [2.24, 2.45) is 0 Å². The molecule has 2 aromatic heterocycles. The summed E-state index contributed by atoms with van der Waals surface area (Å²) in [6.07, 6.45) is 13.4. The highest BCUT2D eigenvalue weighted by atomic mass is 35.5. The third-order valence-corrected chi connectivity index (χ3v) is 10.9. The van der Waals surface area contributed by atoms with Crippen LogP contribution in [0.25, 0.3) is 39.0 Å². The molecule has 0 saturated carbocycles. The maximum absolute atomic E-state index is 17.1. The van der Waals surface area contributed by atoms with Gasteiger partial charge in [-0.1, -0.05) is 72.3 Å². The summed E-state index contributed by atoms with van der Waals surface area (Å²) in [6.45, 7) is 7.80. The number of carbonyl (C=O) groups is 1. The predicted octanol–water partition coefficient (Wildman–Crippen LogP) is 8.32. The fraction of sp³-hybridized carbons (Fsp3) is 0.400. The van der Waals surface area contributed by atoms with E-state index in [1.54, 1.807) is 53.6 Å². The van der Waals surface area contributed by atoms with Gasteiger partial charge < -0.3 is 14.5 Å². The molecule has 2 aliphatic rings. The number of halogens is 3. The number of amides is 1. The summed E-state index contributed by atoms with van der Waals surface area (Å²) in [5, 5.41) is 16.3. The fourth-order valence-electron chi connectivity index (χ4n) is 7.59. The zero-order valence-electron chi connectivity index (χ0n) is 30.0. The Morgan fingerprint density at radius 2 is 2.06 bits per heavy atom. The lowest BCUT2D eigenvalue weighted by atomic mass is 9.94. The molecule has 4 aromatic rings. The molecule has 9 nitrogen and oxygen atoms in total. The Balaban J connectivity index is 1.48. The van der Waals surface area contributed by atoms with Gasteiger partial charge in [0.15, 0.2) is 5.82 Å². The first kappa shape index (κ1) is 37.5. The smallest absolute Gasteiger partial charge is 0.246 e. The quantitative estimate of drug-likeness (QED) is 0.113. The molecule has 0 bridgehead atoms. The molecule has 0 N–H and O–H groups in total. The van der Waals surface area contributed by atoms with E-state index in [1.807, 2.05) is 42.7 Å². The molecule has 2 saturated heterocycles. The summed E-state index contributed by atoms with van der Waals surface area (Å²) in [5.74, 6) is -0.451. The molecule has 1 amide bonds. The lowest BCUT2D eigenvalue weighted by Gasteiger charge is -2.38. The SMILES string of the molecule is C=C/C=C\c1cccc(-c2c(Cl)cc3c(nc(O[C@@H](C)[C@@H]4CCCN4C)c4cnn([C@H]5CCN(C(=O)/C=C/CN(C)C)[C@H](CC#N)C5)c43)c2F)c1Cl. The molecule has 2 aromatic carbocycles. The normalized spacial score (nSPS) is 20.4. The number of benzene rings is 2. The van der Waals surface area contributed by atoms with Crippen LogP contribution >= 0.6 is 23.2 Å². The number of carbonyl (C=O) groups excluding carboxylic acids is 1. The van der Waals surface area contributed by atoms with Crippen molar-refractivity contribution in [3.63, 3.8) is 0 Å². The summed E-state index contributed by atoms with van der Waals surface area (Å²) >= 11 is 13.8. The molecule has 2 aliphatic heterocycles. The maximum Gasteiger partial charge on any atom is 0.246 e. The minimum absolute atomic E-state index is 0.0888. The van der Waals surface area contributed by atoms with Crippen molar-refractivity contribution in [2.75, 3.05) is 40.8 Å². The van der Waals surface area contributed by atoms with Gasteiger partial charge in [0.1, 0.15) is 11.6 Å². The molecule has 6 rings (SSSR count). The molecule has 52 heavy (non-hydrogen) atoms. The number of nitrogens with zero attached hydrogens (tertiary/aromatic N) is 7. The molecule has 2 fully saturated rings. The molecule has 12 heteroatoms. The van der Waals surface area contributed by atoms with Gasteiger partial charge in [0.05, 0.1) is 45.7 Å². The lowest BCUT2D eigenvalue weighted by Crippen LogP contribution is -2.46. The third-order valence-electron chi connectivity index (χ3n) is 10.2. The zero-order chi connectivity index (χ0) is 37.1. The van der Waals surface area contributed by atoms with E-state index in [4.69, 9.17) is 38.0 Å². The molecule has 272 valence electrons. The van der Waals surface area contributed by atoms with E-state index < -0.39 is 5.82 Å². The van der Waals surface area contributed by atoms with E-state index in [2.05, 4.69) is 24.6 Å². The Hall–Kier alpha value is -4.27. The second kappa shape index (κ2) is 16.2. The van der Waals surface area contributed by atoms with Gasteiger partial charge >= 0.3 is 0 Å². The van der Waals surface area contributed by atoms with Crippen molar-refractivity contribution in [3.05, 3.63) is 82.8 Å². The number of rotatable bonds is 11. The minimum atomic E-state index is -0.619. The number of likely N-dealkylation sites (N-methyl/N-ethyl adjacent to an activating group) is 2. The summed E-state index contributed by atoms with van der Waals surface area (Å²) in [6, 6.07) is 9.04. The van der Waals surface area contributed by atoms with Crippen LogP contribution in [0.5, 0.6) is 5.88 Å². The van der Waals surface area contributed by atoms with Crippen LogP contribution in [-0.2, 0) is 4.79 Å². The van der Waals surface area contributed by atoms with Crippen LogP contribution in [0, 0.1) is 17.1 Å². The first-order valence-corrected chi connectivity index (χ1v) is 18.4. The van der Waals surface area contributed by atoms with Crippen molar-refractivity contribution in [1.82, 2.24) is 29.5 Å². The van der Waals surface area contributed by atoms with Gasteiger partial charge in [0.25, 0.3) is 0 Å². The Morgan fingerprint density at radius 3 is 2.77 bits per heavy atom. The Kier molecular flexibility index (Phi) is 11.7. The molecule has 0 spiro atoms. The van der Waals surface area contributed by atoms with Crippen LogP contribution in [0.3, 0.4) is 0 Å². The lowest BCUT2D eigenvalue weighted by molar-refractivity contribution is -0.130. The van der Waals surface area contributed by atoms with E-state index in [9.17, 15) is 10.1 Å². The van der Waals surface area contributed by atoms with Crippen molar-refractivity contribution >= 4 is 57.0 Å². The van der Waals surface area contributed by atoms with Gasteiger partial charge in [-0.05, 0) is 71.9 Å². The van der Waals surface area contributed by atoms with Crippen molar-refractivity contribution in [1.29, 1.82) is 5.26 Å². The second-order valence-corrected chi connectivity index (χ2v) is 14.7. The molecule has 0 aliphatic carbocycles. The van der Waals surface area contributed by atoms with Gasteiger partial charge in [-0.2, -0.15) is 10.4 Å². The van der Waals surface area contributed by atoms with Gasteiger partial charge in [-0.15, -0.1) is 0 Å². The van der Waals surface area contributed by atoms with Crippen LogP contribution in [0.2, 0.25) is 10.0 Å². The zero-order valence-corrected chi connectivity index (χ0v) is 31.5. The number of aromatic nitrogens is 3. The molecule has 4 heterocycles. The van der Waals surface area contributed by atoms with Gasteiger partial charge in [0, 0.05) is 47.8 Å². The Bertz CT molecular complexity index is 2090. The summed E-state index contributed by atoms with van der Waals surface area (Å²) in [5.41, 5.74) is 2.00. The van der Waals surface area contributed by atoms with E-state index in [-0.39, 0.29) is 58.5 Å². The first-order valence-electron chi connectivity index (χ1n) is 17.7. The van der Waals surface area contributed by atoms with Crippen LogP contribution < -0.4 is 4.74 Å². The summed E-state index contributed by atoms with van der Waals surface area (Å²) in [7, 11) is 5.96. The molecule has 0 unspecified atom stereocenters. The average molecular weight is 745 g/mol. The highest BCUT2D eigenvalue weighted by Crippen LogP contribution is 2.44. The summed E-state index contributed by atoms with van der Waals surface area (Å²) in [4.78, 5) is 24.1. The average Bonchev–Trinajstić information content (AvgIpc) is 3.76. The Morgan fingerprint density at radius 1 is 1.25 bits per heavy atom. The van der Waals surface area contributed by atoms with Crippen LogP contribution in [-0.4, -0.2) is 94.3 Å². The maximum atomic E-state index is 17.1. The van der Waals surface area contributed by atoms with E-state index >= 15 is 4.39 Å². The number of allylic oxidation sites excluding steroid dienone is 2. The number of pyridine rings is 1. The van der Waals surface area contributed by atoms with Crippen molar-refractivity contribution in [3.8, 4) is 23.1 Å². The number of likely N-dealkylation sites (tertiary alicyclic amines) is 2. The van der Waals surface area contributed by atoms with E-state index in [0.717, 1.165) is 19.4 Å². The topological polar surface area (TPSA) is 90.5 Å². The number of hydrogen-bond donors (Lipinski definition) is 0. The minimum Gasteiger partial charge on any atom is -0.472 e. The van der Waals surface area contributed by atoms with Gasteiger partial charge in [-0.3, -0.25) is 14.4 Å². The van der Waals surface area contributed by atoms with E-state index in [0.29, 0.717) is 58.4 Å².